The summed E-state index contributed by atoms with van der Waals surface area (Å²) >= 11 is 0. The number of benzene rings is 2. The average Bonchev–Trinajstić information content (AvgIpc) is 3.17. The van der Waals surface area contributed by atoms with Crippen LogP contribution in [0.4, 0.5) is 0 Å². The monoisotopic (exact) mass is 384 g/mol. The molecule has 1 fully saturated rings. The van der Waals surface area contributed by atoms with Gasteiger partial charge in [-0.1, -0.05) is 67.6 Å². The topological polar surface area (TPSA) is 40.6 Å². The molecule has 2 unspecified atom stereocenters. The van der Waals surface area contributed by atoms with Crippen molar-refractivity contribution in [2.24, 2.45) is 0 Å². The maximum absolute atomic E-state index is 12.9. The smallest absolute Gasteiger partial charge is 0.236 e. The third-order valence-corrected chi connectivity index (χ3v) is 6.99. The highest BCUT2D eigenvalue weighted by atomic mass is 32.2. The molecule has 0 aliphatic carbocycles. The summed E-state index contributed by atoms with van der Waals surface area (Å²) < 4.78 is 27.4. The van der Waals surface area contributed by atoms with E-state index in [1.807, 2.05) is 43.3 Å². The molecule has 3 rings (SSSR count). The second kappa shape index (κ2) is 8.83. The molecule has 1 aliphatic rings. The predicted octanol–water partition coefficient (Wildman–Crippen LogP) is 4.14. The minimum absolute atomic E-state index is 0.0200. The van der Waals surface area contributed by atoms with Crippen molar-refractivity contribution in [1.82, 2.24) is 9.21 Å². The van der Waals surface area contributed by atoms with Crippen molar-refractivity contribution in [2.75, 3.05) is 19.6 Å². The Balaban J connectivity index is 1.70. The van der Waals surface area contributed by atoms with Gasteiger partial charge >= 0.3 is 0 Å². The molecule has 4 nitrogen and oxygen atoms in total. The highest BCUT2D eigenvalue weighted by Gasteiger charge is 2.34. The average molecular weight is 385 g/mol. The Bertz CT molecular complexity index is 850. The van der Waals surface area contributed by atoms with E-state index in [2.05, 4.69) is 36.1 Å². The van der Waals surface area contributed by atoms with E-state index in [1.165, 1.54) is 11.0 Å². The summed E-state index contributed by atoms with van der Waals surface area (Å²) in [6.45, 7) is 6.27. The number of nitrogens with zero attached hydrogens (tertiary/aromatic N) is 2. The largest absolute Gasteiger partial charge is 0.295 e. The first-order valence-electron chi connectivity index (χ1n) is 9.55. The Hall–Kier alpha value is -1.95. The van der Waals surface area contributed by atoms with Crippen LogP contribution in [0.5, 0.6) is 0 Å². The van der Waals surface area contributed by atoms with E-state index in [9.17, 15) is 8.42 Å². The van der Waals surface area contributed by atoms with Crippen molar-refractivity contribution in [3.63, 3.8) is 0 Å². The Morgan fingerprint density at radius 3 is 2.37 bits per heavy atom. The molecule has 2 aromatic carbocycles. The van der Waals surface area contributed by atoms with Crippen molar-refractivity contribution in [3.05, 3.63) is 77.2 Å². The fraction of sp³-hybridized carbons (Fsp3) is 0.364. The lowest BCUT2D eigenvalue weighted by Crippen LogP contribution is -2.41. The van der Waals surface area contributed by atoms with E-state index < -0.39 is 10.0 Å². The van der Waals surface area contributed by atoms with Gasteiger partial charge in [0.25, 0.3) is 0 Å². The molecule has 0 spiro atoms. The maximum atomic E-state index is 12.9. The molecule has 0 radical (unpaired) electrons. The fourth-order valence-electron chi connectivity index (χ4n) is 3.75. The fourth-order valence-corrected chi connectivity index (χ4v) is 5.18. The molecule has 2 atom stereocenters. The Morgan fingerprint density at radius 1 is 1.11 bits per heavy atom. The first kappa shape index (κ1) is 19.8. The summed E-state index contributed by atoms with van der Waals surface area (Å²) in [5, 5.41) is 1.34. The zero-order valence-electron chi connectivity index (χ0n) is 16.0. The molecule has 27 heavy (non-hydrogen) atoms. The third kappa shape index (κ3) is 4.86. The van der Waals surface area contributed by atoms with Crippen molar-refractivity contribution < 1.29 is 8.42 Å². The molecule has 0 N–H and O–H groups in total. The highest BCUT2D eigenvalue weighted by Crippen LogP contribution is 2.28. The van der Waals surface area contributed by atoms with Crippen LogP contribution in [-0.4, -0.2) is 43.3 Å². The van der Waals surface area contributed by atoms with Crippen LogP contribution in [0.2, 0.25) is 0 Å². The molecule has 0 bridgehead atoms. The lowest BCUT2D eigenvalue weighted by atomic mass is 10.1. The Morgan fingerprint density at radius 2 is 1.74 bits per heavy atom. The van der Waals surface area contributed by atoms with Gasteiger partial charge in [-0.2, -0.15) is 4.31 Å². The second-order valence-electron chi connectivity index (χ2n) is 6.99. The van der Waals surface area contributed by atoms with Crippen LogP contribution in [0.25, 0.3) is 6.08 Å². The van der Waals surface area contributed by atoms with E-state index in [1.54, 1.807) is 10.4 Å². The van der Waals surface area contributed by atoms with Crippen LogP contribution in [0, 0.1) is 0 Å². The van der Waals surface area contributed by atoms with E-state index in [0.717, 1.165) is 25.1 Å². The van der Waals surface area contributed by atoms with Crippen LogP contribution in [-0.2, 0) is 10.0 Å². The van der Waals surface area contributed by atoms with Crippen LogP contribution >= 0.6 is 0 Å². The summed E-state index contributed by atoms with van der Waals surface area (Å²) in [5.74, 6) is 0. The summed E-state index contributed by atoms with van der Waals surface area (Å²) in [6.07, 6.45) is 2.54. The van der Waals surface area contributed by atoms with E-state index >= 15 is 0 Å². The van der Waals surface area contributed by atoms with Gasteiger partial charge in [-0.05, 0) is 30.5 Å². The zero-order valence-corrected chi connectivity index (χ0v) is 16.8. The van der Waals surface area contributed by atoms with Crippen molar-refractivity contribution in [1.29, 1.82) is 0 Å². The standard InChI is InChI=1S/C22H28N2O2S/c1-3-24(27(25,26)17-15-20-10-6-4-7-11-20)22-14-16-23(18-22)19(2)21-12-8-5-9-13-21/h4-13,15,17,19,22H,3,14,16,18H2,1-2H3/b17-15+. The summed E-state index contributed by atoms with van der Waals surface area (Å²) in [6, 6.07) is 20.2. The maximum Gasteiger partial charge on any atom is 0.236 e. The second-order valence-corrected chi connectivity index (χ2v) is 8.76. The number of rotatable bonds is 7. The Labute approximate surface area is 163 Å². The van der Waals surface area contributed by atoms with Crippen LogP contribution < -0.4 is 0 Å². The lowest BCUT2D eigenvalue weighted by molar-refractivity contribution is 0.240. The Kier molecular flexibility index (Phi) is 6.47. The molecule has 0 amide bonds. The first-order chi connectivity index (χ1) is 13.0. The van der Waals surface area contributed by atoms with Crippen LogP contribution in [0.15, 0.2) is 66.1 Å². The van der Waals surface area contributed by atoms with Gasteiger partial charge in [0, 0.05) is 37.1 Å². The lowest BCUT2D eigenvalue weighted by Gasteiger charge is -2.28. The van der Waals surface area contributed by atoms with Crippen LogP contribution in [0.1, 0.15) is 37.4 Å². The van der Waals surface area contributed by atoms with Gasteiger partial charge in [0.1, 0.15) is 0 Å². The number of hydrogen-bond acceptors (Lipinski definition) is 3. The predicted molar refractivity (Wildman–Crippen MR) is 112 cm³/mol. The third-order valence-electron chi connectivity index (χ3n) is 5.30. The van der Waals surface area contributed by atoms with Gasteiger partial charge < -0.3 is 0 Å². The molecule has 144 valence electrons. The summed E-state index contributed by atoms with van der Waals surface area (Å²) in [5.41, 5.74) is 2.16. The number of likely N-dealkylation sites (N-methyl/N-ethyl adjacent to an activating group) is 1. The van der Waals surface area contributed by atoms with Gasteiger partial charge in [-0.25, -0.2) is 8.42 Å². The molecule has 1 saturated heterocycles. The molecular formula is C22H28N2O2S. The molecule has 0 aromatic heterocycles. The molecule has 0 saturated carbocycles. The SMILES string of the molecule is CCN(C1CCN(C(C)c2ccccc2)C1)S(=O)(=O)/C=C/c1ccccc1. The summed E-state index contributed by atoms with van der Waals surface area (Å²) in [7, 11) is -3.44. The minimum atomic E-state index is -3.44. The van der Waals surface area contributed by atoms with Crippen LogP contribution in [0.3, 0.4) is 0 Å². The highest BCUT2D eigenvalue weighted by molar-refractivity contribution is 7.92. The normalized spacial score (nSPS) is 19.7. The van der Waals surface area contributed by atoms with E-state index in [0.29, 0.717) is 6.54 Å². The molecule has 2 aromatic rings. The van der Waals surface area contributed by atoms with E-state index in [4.69, 9.17) is 0 Å². The molecule has 1 heterocycles. The van der Waals surface area contributed by atoms with Crippen molar-refractivity contribution in [3.8, 4) is 0 Å². The molecule has 1 aliphatic heterocycles. The molecular weight excluding hydrogens is 356 g/mol. The first-order valence-corrected chi connectivity index (χ1v) is 11.1. The van der Waals surface area contributed by atoms with Gasteiger partial charge in [0.15, 0.2) is 0 Å². The van der Waals surface area contributed by atoms with E-state index in [-0.39, 0.29) is 12.1 Å². The van der Waals surface area contributed by atoms with Gasteiger partial charge in [-0.15, -0.1) is 0 Å². The van der Waals surface area contributed by atoms with Crippen molar-refractivity contribution in [2.45, 2.75) is 32.4 Å². The van der Waals surface area contributed by atoms with Gasteiger partial charge in [0.2, 0.25) is 10.0 Å². The molecule has 5 heteroatoms. The van der Waals surface area contributed by atoms with Gasteiger partial charge in [0.05, 0.1) is 0 Å². The van der Waals surface area contributed by atoms with Crippen molar-refractivity contribution >= 4 is 16.1 Å². The number of hydrogen-bond donors (Lipinski definition) is 0. The zero-order chi connectivity index (χ0) is 19.3. The number of likely N-dealkylation sites (tertiary alicyclic amines) is 1. The quantitative estimate of drug-likeness (QED) is 0.720. The summed E-state index contributed by atoms with van der Waals surface area (Å²) in [4.78, 5) is 2.37. The van der Waals surface area contributed by atoms with Gasteiger partial charge in [-0.3, -0.25) is 4.90 Å². The number of sulfonamides is 1. The minimum Gasteiger partial charge on any atom is -0.295 e.